The van der Waals surface area contributed by atoms with Gasteiger partial charge in [0.15, 0.2) is 12.2 Å². The lowest BCUT2D eigenvalue weighted by molar-refractivity contribution is -0.161. The number of aliphatic hydroxyl groups is 1. The minimum atomic E-state index is -4.94. The Morgan fingerprint density at radius 3 is 0.750 bits per heavy atom. The number of phosphoric ester groups is 2. The molecular weight excluding hydrogens is 1070 g/mol. The Morgan fingerprint density at radius 2 is 0.500 bits per heavy atom. The van der Waals surface area contributed by atoms with Crippen molar-refractivity contribution in [1.82, 2.24) is 0 Å². The highest BCUT2D eigenvalue weighted by atomic mass is 31.2. The summed E-state index contributed by atoms with van der Waals surface area (Å²) in [6, 6.07) is 0. The van der Waals surface area contributed by atoms with Crippen LogP contribution in [0.2, 0.25) is 0 Å². The zero-order chi connectivity index (χ0) is 59.1. The van der Waals surface area contributed by atoms with Gasteiger partial charge in [-0.05, 0) is 25.7 Å². The predicted octanol–water partition coefficient (Wildman–Crippen LogP) is 16.8. The molecule has 474 valence electrons. The Morgan fingerprint density at radius 1 is 0.300 bits per heavy atom. The third kappa shape index (κ3) is 55.3. The highest BCUT2D eigenvalue weighted by Gasteiger charge is 2.30. The zero-order valence-electron chi connectivity index (χ0n) is 51.0. The van der Waals surface area contributed by atoms with E-state index in [-0.39, 0.29) is 25.7 Å². The Kier molecular flexibility index (Phi) is 54.8. The summed E-state index contributed by atoms with van der Waals surface area (Å²) in [5.74, 6) is -2.15. The number of carbonyl (C=O) groups is 4. The first-order valence-electron chi connectivity index (χ1n) is 32.3. The van der Waals surface area contributed by atoms with E-state index in [1.54, 1.807) is 0 Å². The van der Waals surface area contributed by atoms with Gasteiger partial charge in [-0.3, -0.25) is 37.3 Å². The van der Waals surface area contributed by atoms with Gasteiger partial charge in [-0.2, -0.15) is 0 Å². The third-order valence-electron chi connectivity index (χ3n) is 14.1. The number of ether oxygens (including phenoxy) is 4. The third-order valence-corrected chi connectivity index (χ3v) is 16.0. The second-order valence-electron chi connectivity index (χ2n) is 22.1. The number of carbonyl (C=O) groups excluding carboxylic acids is 4. The van der Waals surface area contributed by atoms with Crippen LogP contribution in [0, 0.1) is 0 Å². The lowest BCUT2D eigenvalue weighted by atomic mass is 10.0. The number of esters is 4. The van der Waals surface area contributed by atoms with Crippen LogP contribution in [-0.2, 0) is 65.4 Å². The summed E-state index contributed by atoms with van der Waals surface area (Å²) in [6.07, 6.45) is 40.8. The van der Waals surface area contributed by atoms with Crippen molar-refractivity contribution in [3.63, 3.8) is 0 Å². The maximum absolute atomic E-state index is 12.9. The summed E-state index contributed by atoms with van der Waals surface area (Å²) in [7, 11) is -9.86. The highest BCUT2D eigenvalue weighted by molar-refractivity contribution is 7.47. The van der Waals surface area contributed by atoms with Crippen molar-refractivity contribution in [2.45, 2.75) is 329 Å². The molecule has 0 spiro atoms. The summed E-state index contributed by atoms with van der Waals surface area (Å²) in [5.41, 5.74) is 0. The Labute approximate surface area is 486 Å². The van der Waals surface area contributed by atoms with E-state index in [1.807, 2.05) is 6.92 Å². The maximum atomic E-state index is 12.9. The number of rotatable bonds is 62. The average Bonchev–Trinajstić information content (AvgIpc) is 3.43. The van der Waals surface area contributed by atoms with Crippen molar-refractivity contribution < 1.29 is 80.2 Å². The molecule has 0 aromatic rings. The van der Waals surface area contributed by atoms with Crippen LogP contribution in [0.25, 0.3) is 0 Å². The molecule has 0 heterocycles. The monoisotopic (exact) mass is 1180 g/mol. The summed E-state index contributed by atoms with van der Waals surface area (Å²) in [6.45, 7) is 4.74. The molecule has 3 N–H and O–H groups in total. The van der Waals surface area contributed by atoms with Crippen molar-refractivity contribution in [3.05, 3.63) is 0 Å². The predicted molar refractivity (Wildman–Crippen MR) is 317 cm³/mol. The molecule has 0 aromatic carbocycles. The topological polar surface area (TPSA) is 237 Å². The molecule has 0 radical (unpaired) electrons. The molecule has 5 atom stereocenters. The number of hydrogen-bond acceptors (Lipinski definition) is 15. The molecule has 0 bridgehead atoms. The van der Waals surface area contributed by atoms with Gasteiger partial charge in [-0.25, -0.2) is 9.13 Å². The van der Waals surface area contributed by atoms with E-state index in [0.29, 0.717) is 25.7 Å². The van der Waals surface area contributed by atoms with Gasteiger partial charge in [0.05, 0.1) is 26.4 Å². The van der Waals surface area contributed by atoms with E-state index in [0.717, 1.165) is 83.5 Å². The van der Waals surface area contributed by atoms with Crippen LogP contribution in [-0.4, -0.2) is 96.7 Å². The fourth-order valence-corrected chi connectivity index (χ4v) is 10.7. The van der Waals surface area contributed by atoms with Gasteiger partial charge in [-0.15, -0.1) is 0 Å². The van der Waals surface area contributed by atoms with Crippen LogP contribution in [0.4, 0.5) is 0 Å². The number of hydrogen-bond donors (Lipinski definition) is 3. The summed E-state index contributed by atoms with van der Waals surface area (Å²) in [4.78, 5) is 71.7. The molecule has 0 fully saturated rings. The van der Waals surface area contributed by atoms with Crippen molar-refractivity contribution in [1.29, 1.82) is 0 Å². The molecule has 0 saturated heterocycles. The Balaban J connectivity index is 5.08. The number of phosphoric acid groups is 2. The fraction of sp³-hybridized carbons (Fsp3) is 0.934. The quantitative estimate of drug-likeness (QED) is 0.0222. The van der Waals surface area contributed by atoms with E-state index in [2.05, 4.69) is 20.8 Å². The van der Waals surface area contributed by atoms with Crippen LogP contribution < -0.4 is 0 Å². The molecule has 2 unspecified atom stereocenters. The molecule has 0 saturated carbocycles. The van der Waals surface area contributed by atoms with Crippen molar-refractivity contribution in [2.24, 2.45) is 0 Å². The number of unbranched alkanes of at least 4 members (excludes halogenated alkanes) is 36. The van der Waals surface area contributed by atoms with Crippen LogP contribution in [0.3, 0.4) is 0 Å². The van der Waals surface area contributed by atoms with E-state index >= 15 is 0 Å². The standard InChI is InChI=1S/C61H118O17P2/c1-5-9-13-17-20-23-26-28-29-31-34-36-39-43-46-59(64)72-52-57(78-61(66)48-44-40-37-32-25-22-19-15-11-7-3)54-76-80(69,70)74-50-55(62)49-73-79(67,68)75-53-56(77-60(65)47-41-16-12-8-4)51-71-58(63)45-42-38-35-33-30-27-24-21-18-14-10-6-2/h55-57,62H,5-54H2,1-4H3,(H,67,68)(H,69,70)/t55-,56+,57+/m0/s1. The van der Waals surface area contributed by atoms with Crippen LogP contribution in [0.5, 0.6) is 0 Å². The van der Waals surface area contributed by atoms with Crippen molar-refractivity contribution in [3.8, 4) is 0 Å². The van der Waals surface area contributed by atoms with Crippen LogP contribution >= 0.6 is 15.6 Å². The van der Waals surface area contributed by atoms with E-state index in [4.69, 9.17) is 37.0 Å². The average molecular weight is 1190 g/mol. The van der Waals surface area contributed by atoms with Gasteiger partial charge in [0.2, 0.25) is 0 Å². The SMILES string of the molecule is CCCCCCCCCCCCCCCCC(=O)OC[C@H](COP(=O)(O)OC[C@@H](O)COP(=O)(O)OC[C@@H](COC(=O)CCCCCCCCCCCCCC)OC(=O)CCCCCC)OC(=O)CCCCCCCCCCCC. The molecular formula is C61H118O17P2. The molecule has 0 aromatic heterocycles. The van der Waals surface area contributed by atoms with Crippen molar-refractivity contribution >= 4 is 39.5 Å². The summed E-state index contributed by atoms with van der Waals surface area (Å²) >= 11 is 0. The second kappa shape index (κ2) is 56.2. The molecule has 19 heteroatoms. The van der Waals surface area contributed by atoms with Gasteiger partial charge >= 0.3 is 39.5 Å². The van der Waals surface area contributed by atoms with Gasteiger partial charge in [-0.1, -0.05) is 259 Å². The summed E-state index contributed by atoms with van der Waals surface area (Å²) in [5, 5.41) is 10.5. The minimum absolute atomic E-state index is 0.0967. The van der Waals surface area contributed by atoms with Crippen LogP contribution in [0.1, 0.15) is 310 Å². The first-order chi connectivity index (χ1) is 38.7. The highest BCUT2D eigenvalue weighted by Crippen LogP contribution is 2.45. The first kappa shape index (κ1) is 78.1. The second-order valence-corrected chi connectivity index (χ2v) is 25.0. The lowest BCUT2D eigenvalue weighted by Crippen LogP contribution is -2.30. The smallest absolute Gasteiger partial charge is 0.462 e. The largest absolute Gasteiger partial charge is 0.472 e. The minimum Gasteiger partial charge on any atom is -0.462 e. The Bertz CT molecular complexity index is 1550. The van der Waals surface area contributed by atoms with E-state index < -0.39 is 97.5 Å². The summed E-state index contributed by atoms with van der Waals surface area (Å²) < 4.78 is 67.6. The van der Waals surface area contributed by atoms with E-state index in [9.17, 15) is 43.2 Å². The molecule has 0 rings (SSSR count). The zero-order valence-corrected chi connectivity index (χ0v) is 52.8. The Hall–Kier alpha value is -1.94. The van der Waals surface area contributed by atoms with Gasteiger partial charge in [0, 0.05) is 25.7 Å². The van der Waals surface area contributed by atoms with Gasteiger partial charge < -0.3 is 33.8 Å². The van der Waals surface area contributed by atoms with Gasteiger partial charge in [0.25, 0.3) is 0 Å². The first-order valence-corrected chi connectivity index (χ1v) is 35.3. The fourth-order valence-electron chi connectivity index (χ4n) is 9.10. The maximum Gasteiger partial charge on any atom is 0.472 e. The molecule has 17 nitrogen and oxygen atoms in total. The van der Waals surface area contributed by atoms with Crippen molar-refractivity contribution in [2.75, 3.05) is 39.6 Å². The number of aliphatic hydroxyl groups excluding tert-OH is 1. The van der Waals surface area contributed by atoms with E-state index in [1.165, 1.54) is 148 Å². The van der Waals surface area contributed by atoms with Crippen LogP contribution in [0.15, 0.2) is 0 Å². The molecule has 80 heavy (non-hydrogen) atoms. The molecule has 0 aliphatic rings. The normalized spacial score (nSPS) is 14.2. The van der Waals surface area contributed by atoms with Gasteiger partial charge in [0.1, 0.15) is 19.3 Å². The molecule has 0 aliphatic carbocycles. The molecule has 0 aliphatic heterocycles. The lowest BCUT2D eigenvalue weighted by Gasteiger charge is -2.21. The molecule has 0 amide bonds.